The quantitative estimate of drug-likeness (QED) is 0.821. The molecule has 3 amide bonds. The zero-order valence-electron chi connectivity index (χ0n) is 14.2. The molecule has 2 heterocycles. The Hall–Kier alpha value is -2.21. The highest BCUT2D eigenvalue weighted by Gasteiger charge is 2.40. The first-order chi connectivity index (χ1) is 12.1. The van der Waals surface area contributed by atoms with Crippen LogP contribution in [-0.2, 0) is 0 Å². The van der Waals surface area contributed by atoms with Gasteiger partial charge in [-0.3, -0.25) is 19.3 Å². The second kappa shape index (κ2) is 6.59. The minimum Gasteiger partial charge on any atom is -0.348 e. The SMILES string of the molecule is O=C(NC1CCNC1)c1ccc2c(c1)C(=O)N(C1CCCCC1)C2=O. The zero-order valence-corrected chi connectivity index (χ0v) is 14.2. The highest BCUT2D eigenvalue weighted by atomic mass is 16.2. The third-order valence-electron chi connectivity index (χ3n) is 5.52. The first kappa shape index (κ1) is 16.3. The summed E-state index contributed by atoms with van der Waals surface area (Å²) in [7, 11) is 0. The van der Waals surface area contributed by atoms with Gasteiger partial charge in [-0.05, 0) is 44.0 Å². The maximum Gasteiger partial charge on any atom is 0.261 e. The largest absolute Gasteiger partial charge is 0.348 e. The van der Waals surface area contributed by atoms with Crippen molar-refractivity contribution < 1.29 is 14.4 Å². The fourth-order valence-corrected chi connectivity index (χ4v) is 4.12. The number of nitrogens with zero attached hydrogens (tertiary/aromatic N) is 1. The molecule has 132 valence electrons. The summed E-state index contributed by atoms with van der Waals surface area (Å²) in [5, 5.41) is 6.18. The molecule has 1 aromatic rings. The third kappa shape index (κ3) is 2.95. The van der Waals surface area contributed by atoms with Gasteiger partial charge in [0, 0.05) is 24.2 Å². The van der Waals surface area contributed by atoms with Crippen molar-refractivity contribution in [1.82, 2.24) is 15.5 Å². The van der Waals surface area contributed by atoms with Crippen LogP contribution in [0, 0.1) is 0 Å². The van der Waals surface area contributed by atoms with E-state index in [1.165, 1.54) is 11.3 Å². The van der Waals surface area contributed by atoms with Gasteiger partial charge in [-0.1, -0.05) is 19.3 Å². The summed E-state index contributed by atoms with van der Waals surface area (Å²) >= 11 is 0. The van der Waals surface area contributed by atoms with Crippen molar-refractivity contribution in [2.45, 2.75) is 50.6 Å². The van der Waals surface area contributed by atoms with Gasteiger partial charge in [0.2, 0.25) is 0 Å². The first-order valence-electron chi connectivity index (χ1n) is 9.18. The number of carbonyl (C=O) groups is 3. The number of amides is 3. The lowest BCUT2D eigenvalue weighted by Crippen LogP contribution is -2.40. The van der Waals surface area contributed by atoms with Gasteiger partial charge >= 0.3 is 0 Å². The van der Waals surface area contributed by atoms with Crippen molar-refractivity contribution in [2.75, 3.05) is 13.1 Å². The van der Waals surface area contributed by atoms with Gasteiger partial charge < -0.3 is 10.6 Å². The van der Waals surface area contributed by atoms with Crippen LogP contribution in [0.5, 0.6) is 0 Å². The van der Waals surface area contributed by atoms with E-state index in [-0.39, 0.29) is 29.8 Å². The van der Waals surface area contributed by atoms with E-state index in [9.17, 15) is 14.4 Å². The van der Waals surface area contributed by atoms with Crippen molar-refractivity contribution in [3.63, 3.8) is 0 Å². The van der Waals surface area contributed by atoms with Crippen LogP contribution in [0.1, 0.15) is 69.6 Å². The number of carbonyl (C=O) groups excluding carboxylic acids is 3. The number of fused-ring (bicyclic) bond motifs is 1. The van der Waals surface area contributed by atoms with Crippen molar-refractivity contribution in [3.8, 4) is 0 Å². The van der Waals surface area contributed by atoms with Crippen LogP contribution in [0.3, 0.4) is 0 Å². The number of hydrogen-bond acceptors (Lipinski definition) is 4. The van der Waals surface area contributed by atoms with Crippen molar-refractivity contribution in [2.24, 2.45) is 0 Å². The number of nitrogens with one attached hydrogen (secondary N) is 2. The summed E-state index contributed by atoms with van der Waals surface area (Å²) in [6.45, 7) is 1.67. The topological polar surface area (TPSA) is 78.5 Å². The van der Waals surface area contributed by atoms with Crippen LogP contribution in [0.4, 0.5) is 0 Å². The van der Waals surface area contributed by atoms with Gasteiger partial charge in [-0.25, -0.2) is 0 Å². The minimum atomic E-state index is -0.246. The molecule has 0 radical (unpaired) electrons. The Balaban J connectivity index is 1.55. The van der Waals surface area contributed by atoms with Crippen molar-refractivity contribution >= 4 is 17.7 Å². The molecule has 1 atom stereocenters. The van der Waals surface area contributed by atoms with Gasteiger partial charge in [0.1, 0.15) is 0 Å². The predicted octanol–water partition coefficient (Wildman–Crippen LogP) is 1.71. The molecule has 1 aromatic carbocycles. The summed E-state index contributed by atoms with van der Waals surface area (Å²) in [5.74, 6) is -0.643. The van der Waals surface area contributed by atoms with E-state index < -0.39 is 0 Å². The van der Waals surface area contributed by atoms with E-state index in [2.05, 4.69) is 10.6 Å². The fraction of sp³-hybridized carbons (Fsp3) is 0.526. The molecule has 0 aromatic heterocycles. The molecule has 25 heavy (non-hydrogen) atoms. The molecule has 1 saturated carbocycles. The zero-order chi connectivity index (χ0) is 17.4. The molecule has 2 aliphatic heterocycles. The second-order valence-corrected chi connectivity index (χ2v) is 7.20. The molecular weight excluding hydrogens is 318 g/mol. The van der Waals surface area contributed by atoms with Gasteiger partial charge in [0.05, 0.1) is 11.1 Å². The highest BCUT2D eigenvalue weighted by Crippen LogP contribution is 2.31. The lowest BCUT2D eigenvalue weighted by Gasteiger charge is -2.29. The van der Waals surface area contributed by atoms with E-state index >= 15 is 0 Å². The Morgan fingerprint density at radius 1 is 1.04 bits per heavy atom. The summed E-state index contributed by atoms with van der Waals surface area (Å²) in [5.41, 5.74) is 1.24. The number of rotatable bonds is 3. The van der Waals surface area contributed by atoms with Crippen molar-refractivity contribution in [1.29, 1.82) is 0 Å². The van der Waals surface area contributed by atoms with Crippen molar-refractivity contribution in [3.05, 3.63) is 34.9 Å². The van der Waals surface area contributed by atoms with E-state index in [0.717, 1.165) is 45.2 Å². The van der Waals surface area contributed by atoms with Gasteiger partial charge in [0.25, 0.3) is 17.7 Å². The standard InChI is InChI=1S/C19H23N3O3/c23-17(21-13-8-9-20-11-13)12-6-7-15-16(10-12)19(25)22(18(15)24)14-4-2-1-3-5-14/h6-7,10,13-14,20H,1-5,8-9,11H2,(H,21,23). The summed E-state index contributed by atoms with van der Waals surface area (Å²) in [4.78, 5) is 39.3. The maximum absolute atomic E-state index is 12.8. The fourth-order valence-electron chi connectivity index (χ4n) is 4.12. The molecule has 2 N–H and O–H groups in total. The number of imide groups is 1. The van der Waals surface area contributed by atoms with Crippen LogP contribution in [0.15, 0.2) is 18.2 Å². The number of benzene rings is 1. The Bertz CT molecular complexity index is 719. The van der Waals surface area contributed by atoms with Gasteiger partial charge in [-0.15, -0.1) is 0 Å². The third-order valence-corrected chi connectivity index (χ3v) is 5.52. The predicted molar refractivity (Wildman–Crippen MR) is 92.6 cm³/mol. The summed E-state index contributed by atoms with van der Waals surface area (Å²) in [6.07, 6.45) is 5.95. The van der Waals surface area contributed by atoms with Gasteiger partial charge in [-0.2, -0.15) is 0 Å². The van der Waals surface area contributed by atoms with Crippen LogP contribution in [-0.4, -0.2) is 47.8 Å². The van der Waals surface area contributed by atoms with Crippen LogP contribution in [0.25, 0.3) is 0 Å². The molecule has 1 saturated heterocycles. The first-order valence-corrected chi connectivity index (χ1v) is 9.18. The van der Waals surface area contributed by atoms with Crippen LogP contribution >= 0.6 is 0 Å². The molecule has 6 nitrogen and oxygen atoms in total. The van der Waals surface area contributed by atoms with E-state index in [1.807, 2.05) is 0 Å². The Morgan fingerprint density at radius 2 is 1.80 bits per heavy atom. The summed E-state index contributed by atoms with van der Waals surface area (Å²) in [6, 6.07) is 4.97. The Kier molecular flexibility index (Phi) is 4.29. The molecule has 6 heteroatoms. The Morgan fingerprint density at radius 3 is 2.52 bits per heavy atom. The van der Waals surface area contributed by atoms with Gasteiger partial charge in [0.15, 0.2) is 0 Å². The molecule has 4 rings (SSSR count). The summed E-state index contributed by atoms with van der Waals surface area (Å²) < 4.78 is 0. The average molecular weight is 341 g/mol. The van der Waals surface area contributed by atoms with E-state index in [4.69, 9.17) is 0 Å². The lowest BCUT2D eigenvalue weighted by atomic mass is 9.94. The molecular formula is C19H23N3O3. The Labute approximate surface area is 147 Å². The molecule has 1 unspecified atom stereocenters. The molecule has 2 fully saturated rings. The average Bonchev–Trinajstić information content (AvgIpc) is 3.23. The monoisotopic (exact) mass is 341 g/mol. The normalized spacial score (nSPS) is 23.8. The second-order valence-electron chi connectivity index (χ2n) is 7.20. The number of hydrogen-bond donors (Lipinski definition) is 2. The minimum absolute atomic E-state index is 0.00277. The molecule has 3 aliphatic rings. The maximum atomic E-state index is 12.8. The molecule has 0 spiro atoms. The lowest BCUT2D eigenvalue weighted by molar-refractivity contribution is 0.0549. The van der Waals surface area contributed by atoms with E-state index in [1.54, 1.807) is 18.2 Å². The van der Waals surface area contributed by atoms with E-state index in [0.29, 0.717) is 16.7 Å². The smallest absolute Gasteiger partial charge is 0.261 e. The highest BCUT2D eigenvalue weighted by molar-refractivity contribution is 6.22. The van der Waals surface area contributed by atoms with Crippen LogP contribution < -0.4 is 10.6 Å². The molecule has 0 bridgehead atoms. The molecule has 1 aliphatic carbocycles. The van der Waals surface area contributed by atoms with Crippen LogP contribution in [0.2, 0.25) is 0 Å².